The maximum absolute atomic E-state index is 5.00. The van der Waals surface area contributed by atoms with Gasteiger partial charge in [0.25, 0.3) is 0 Å². The van der Waals surface area contributed by atoms with E-state index in [0.717, 1.165) is 5.75 Å². The summed E-state index contributed by atoms with van der Waals surface area (Å²) >= 11 is 0. The molecule has 132 valence electrons. The predicted octanol–water partition coefficient (Wildman–Crippen LogP) is 6.02. The number of ether oxygens (including phenoxy) is 1. The first-order valence-corrected chi connectivity index (χ1v) is 9.11. The van der Waals surface area contributed by atoms with Gasteiger partial charge in [0.2, 0.25) is 0 Å². The minimum atomic E-state index is 0.926. The molecule has 1 aliphatic heterocycles. The summed E-state index contributed by atoms with van der Waals surface area (Å²) in [4.78, 5) is 2.50. The molecule has 0 aliphatic carbocycles. The lowest BCUT2D eigenvalue weighted by atomic mass is 10.1. The Balaban J connectivity index is 0.000000230. The summed E-state index contributed by atoms with van der Waals surface area (Å²) in [5, 5.41) is 0. The number of hydrogen-bond donors (Lipinski definition) is 0. The van der Waals surface area contributed by atoms with Gasteiger partial charge in [0.15, 0.2) is 0 Å². The predicted molar refractivity (Wildman–Crippen MR) is 106 cm³/mol. The van der Waals surface area contributed by atoms with E-state index in [1.165, 1.54) is 49.2 Å². The molecule has 1 heterocycles. The first-order valence-electron chi connectivity index (χ1n) is 9.11. The van der Waals surface area contributed by atoms with Crippen molar-refractivity contribution >= 4 is 5.69 Å². The van der Waals surface area contributed by atoms with Crippen molar-refractivity contribution in [2.75, 3.05) is 25.1 Å². The lowest BCUT2D eigenvalue weighted by Crippen LogP contribution is -2.29. The molecule has 0 bridgehead atoms. The molecular weight excluding hydrogens is 294 g/mol. The van der Waals surface area contributed by atoms with Gasteiger partial charge in [-0.15, -0.1) is 0 Å². The highest BCUT2D eigenvalue weighted by Gasteiger charge is 2.09. The van der Waals surface area contributed by atoms with E-state index in [9.17, 15) is 0 Å². The molecular formula is C22H33NO. The van der Waals surface area contributed by atoms with Crippen LogP contribution in [0.3, 0.4) is 0 Å². The molecule has 1 fully saturated rings. The molecule has 0 unspecified atom stereocenters. The molecule has 2 aromatic rings. The largest absolute Gasteiger partial charge is 0.497 e. The first kappa shape index (κ1) is 20.1. The van der Waals surface area contributed by atoms with Crippen molar-refractivity contribution in [2.24, 2.45) is 0 Å². The fraction of sp³-hybridized carbons (Fsp3) is 0.455. The van der Waals surface area contributed by atoms with Crippen molar-refractivity contribution in [1.82, 2.24) is 0 Å². The Bertz CT molecular complexity index is 574. The van der Waals surface area contributed by atoms with E-state index in [4.69, 9.17) is 4.74 Å². The van der Waals surface area contributed by atoms with Crippen LogP contribution in [0.15, 0.2) is 48.5 Å². The van der Waals surface area contributed by atoms with Crippen molar-refractivity contribution in [2.45, 2.75) is 47.0 Å². The van der Waals surface area contributed by atoms with Crippen LogP contribution in [0, 0.1) is 13.8 Å². The maximum atomic E-state index is 5.00. The van der Waals surface area contributed by atoms with Crippen LogP contribution in [-0.2, 0) is 0 Å². The number of aryl methyl sites for hydroxylation is 2. The van der Waals surface area contributed by atoms with E-state index < -0.39 is 0 Å². The molecule has 1 saturated heterocycles. The van der Waals surface area contributed by atoms with Crippen LogP contribution in [0.25, 0.3) is 0 Å². The van der Waals surface area contributed by atoms with E-state index >= 15 is 0 Å². The summed E-state index contributed by atoms with van der Waals surface area (Å²) in [7, 11) is 1.68. The second-order valence-corrected chi connectivity index (χ2v) is 5.91. The van der Waals surface area contributed by atoms with Gasteiger partial charge in [0, 0.05) is 18.8 Å². The fourth-order valence-corrected chi connectivity index (χ4v) is 2.72. The third-order valence-electron chi connectivity index (χ3n) is 3.95. The smallest absolute Gasteiger partial charge is 0.119 e. The molecule has 0 aromatic heterocycles. The van der Waals surface area contributed by atoms with Crippen LogP contribution >= 0.6 is 0 Å². The van der Waals surface area contributed by atoms with E-state index in [1.54, 1.807) is 7.11 Å². The first-order chi connectivity index (χ1) is 11.7. The number of piperidine rings is 1. The van der Waals surface area contributed by atoms with E-state index in [0.29, 0.717) is 0 Å². The van der Waals surface area contributed by atoms with Crippen LogP contribution in [0.1, 0.15) is 44.2 Å². The molecule has 1 aliphatic rings. The fourth-order valence-electron chi connectivity index (χ4n) is 2.72. The minimum absolute atomic E-state index is 0.926. The number of hydrogen-bond acceptors (Lipinski definition) is 2. The molecule has 0 amide bonds. The third kappa shape index (κ3) is 7.08. The van der Waals surface area contributed by atoms with Crippen LogP contribution in [0.4, 0.5) is 5.69 Å². The lowest BCUT2D eigenvalue weighted by molar-refractivity contribution is 0.414. The highest BCUT2D eigenvalue weighted by atomic mass is 16.5. The highest BCUT2D eigenvalue weighted by Crippen LogP contribution is 2.20. The van der Waals surface area contributed by atoms with Crippen molar-refractivity contribution in [1.29, 1.82) is 0 Å². The lowest BCUT2D eigenvalue weighted by Gasteiger charge is -2.28. The van der Waals surface area contributed by atoms with Gasteiger partial charge in [-0.1, -0.05) is 38.1 Å². The molecule has 3 rings (SSSR count). The molecule has 2 heteroatoms. The molecule has 24 heavy (non-hydrogen) atoms. The third-order valence-corrected chi connectivity index (χ3v) is 3.95. The quantitative estimate of drug-likeness (QED) is 0.669. The van der Waals surface area contributed by atoms with Crippen molar-refractivity contribution < 1.29 is 4.74 Å². The summed E-state index contributed by atoms with van der Waals surface area (Å²) < 4.78 is 5.00. The Morgan fingerprint density at radius 2 is 1.38 bits per heavy atom. The van der Waals surface area contributed by atoms with Gasteiger partial charge in [-0.2, -0.15) is 0 Å². The summed E-state index contributed by atoms with van der Waals surface area (Å²) in [5.41, 5.74) is 4.00. The van der Waals surface area contributed by atoms with E-state index in [1.807, 2.05) is 45.0 Å². The van der Waals surface area contributed by atoms with Gasteiger partial charge >= 0.3 is 0 Å². The molecule has 0 radical (unpaired) electrons. The SMILES string of the molecule is CC.COc1cccc(C)c1.Cc1cccc(N2CCCCC2)c1. The van der Waals surface area contributed by atoms with Crippen LogP contribution in [0.5, 0.6) is 5.75 Å². The Hall–Kier alpha value is -1.96. The minimum Gasteiger partial charge on any atom is -0.497 e. The van der Waals surface area contributed by atoms with Gasteiger partial charge in [-0.25, -0.2) is 0 Å². The monoisotopic (exact) mass is 327 g/mol. The number of rotatable bonds is 2. The second-order valence-electron chi connectivity index (χ2n) is 5.91. The Kier molecular flexibility index (Phi) is 9.67. The van der Waals surface area contributed by atoms with Gasteiger partial charge in [0.05, 0.1) is 7.11 Å². The molecule has 0 saturated carbocycles. The Morgan fingerprint density at radius 3 is 1.88 bits per heavy atom. The average molecular weight is 328 g/mol. The van der Waals surface area contributed by atoms with Crippen molar-refractivity contribution in [3.8, 4) is 5.75 Å². The zero-order valence-corrected chi connectivity index (χ0v) is 16.0. The number of benzene rings is 2. The van der Waals surface area contributed by atoms with Gasteiger partial charge in [0.1, 0.15) is 5.75 Å². The molecule has 0 atom stereocenters. The van der Waals surface area contributed by atoms with Crippen LogP contribution < -0.4 is 9.64 Å². The summed E-state index contributed by atoms with van der Waals surface area (Å²) in [6.07, 6.45) is 4.12. The van der Waals surface area contributed by atoms with Crippen molar-refractivity contribution in [3.63, 3.8) is 0 Å². The molecule has 2 nitrogen and oxygen atoms in total. The standard InChI is InChI=1S/C12H17N.C8H10O.C2H6/c1-11-6-5-7-12(10-11)13-8-3-2-4-9-13;1-7-4-3-5-8(6-7)9-2;1-2/h5-7,10H,2-4,8-9H2,1H3;3-6H,1-2H3;1-2H3. The molecule has 2 aromatic carbocycles. The normalized spacial score (nSPS) is 13.1. The second kappa shape index (κ2) is 11.6. The van der Waals surface area contributed by atoms with E-state index in [2.05, 4.69) is 36.1 Å². The summed E-state index contributed by atoms with van der Waals surface area (Å²) in [6, 6.07) is 16.8. The Labute approximate surface area is 148 Å². The van der Waals surface area contributed by atoms with Gasteiger partial charge in [-0.05, 0) is 68.5 Å². The topological polar surface area (TPSA) is 12.5 Å². The highest BCUT2D eigenvalue weighted by molar-refractivity contribution is 5.48. The van der Waals surface area contributed by atoms with Gasteiger partial charge < -0.3 is 9.64 Å². The van der Waals surface area contributed by atoms with Crippen LogP contribution in [0.2, 0.25) is 0 Å². The molecule has 0 N–H and O–H groups in total. The molecule has 0 spiro atoms. The summed E-state index contributed by atoms with van der Waals surface area (Å²) in [6.45, 7) is 10.7. The number of methoxy groups -OCH3 is 1. The maximum Gasteiger partial charge on any atom is 0.119 e. The van der Waals surface area contributed by atoms with Crippen LogP contribution in [-0.4, -0.2) is 20.2 Å². The zero-order valence-electron chi connectivity index (χ0n) is 16.0. The zero-order chi connectivity index (χ0) is 17.8. The van der Waals surface area contributed by atoms with E-state index in [-0.39, 0.29) is 0 Å². The average Bonchev–Trinajstić information content (AvgIpc) is 2.65. The van der Waals surface area contributed by atoms with Crippen molar-refractivity contribution in [3.05, 3.63) is 59.7 Å². The Morgan fingerprint density at radius 1 is 0.792 bits per heavy atom. The summed E-state index contributed by atoms with van der Waals surface area (Å²) in [5.74, 6) is 0.926. The van der Waals surface area contributed by atoms with Gasteiger partial charge in [-0.3, -0.25) is 0 Å². The number of nitrogens with zero attached hydrogens (tertiary/aromatic N) is 1. The number of anilines is 1.